The van der Waals surface area contributed by atoms with Gasteiger partial charge in [-0.05, 0) is 48.9 Å². The molecular weight excluding hydrogens is 268 g/mol. The van der Waals surface area contributed by atoms with Gasteiger partial charge in [0.2, 0.25) is 0 Å². The SMILES string of the molecule is CC(=O)c1ccc(NC(=O)Nc2ccc(CO)cc2)cc1. The second kappa shape index (κ2) is 6.67. The van der Waals surface area contributed by atoms with Crippen molar-refractivity contribution in [1.82, 2.24) is 0 Å². The highest BCUT2D eigenvalue weighted by molar-refractivity contribution is 6.00. The molecule has 0 saturated carbocycles. The summed E-state index contributed by atoms with van der Waals surface area (Å²) in [7, 11) is 0. The van der Waals surface area contributed by atoms with Crippen LogP contribution in [-0.4, -0.2) is 16.9 Å². The van der Waals surface area contributed by atoms with Crippen molar-refractivity contribution in [3.05, 3.63) is 59.7 Å². The Morgan fingerprint density at radius 1 is 0.905 bits per heavy atom. The van der Waals surface area contributed by atoms with Gasteiger partial charge in [-0.15, -0.1) is 0 Å². The molecule has 5 heteroatoms. The maximum absolute atomic E-state index is 11.8. The molecule has 0 fully saturated rings. The predicted molar refractivity (Wildman–Crippen MR) is 81.5 cm³/mol. The molecule has 0 aliphatic carbocycles. The minimum Gasteiger partial charge on any atom is -0.392 e. The molecule has 2 rings (SSSR count). The minimum atomic E-state index is -0.373. The van der Waals surface area contributed by atoms with E-state index in [-0.39, 0.29) is 18.4 Å². The van der Waals surface area contributed by atoms with Crippen LogP contribution in [0.1, 0.15) is 22.8 Å². The zero-order chi connectivity index (χ0) is 15.2. The van der Waals surface area contributed by atoms with Gasteiger partial charge in [-0.3, -0.25) is 4.79 Å². The van der Waals surface area contributed by atoms with Crippen molar-refractivity contribution in [1.29, 1.82) is 0 Å². The molecule has 0 unspecified atom stereocenters. The summed E-state index contributed by atoms with van der Waals surface area (Å²) in [4.78, 5) is 23.0. The van der Waals surface area contributed by atoms with Gasteiger partial charge in [0, 0.05) is 16.9 Å². The summed E-state index contributed by atoms with van der Waals surface area (Å²) < 4.78 is 0. The maximum Gasteiger partial charge on any atom is 0.323 e. The van der Waals surface area contributed by atoms with Crippen LogP contribution < -0.4 is 10.6 Å². The predicted octanol–water partition coefficient (Wildman–Crippen LogP) is 3.03. The lowest BCUT2D eigenvalue weighted by Crippen LogP contribution is -2.19. The summed E-state index contributed by atoms with van der Waals surface area (Å²) in [6.45, 7) is 1.46. The van der Waals surface area contributed by atoms with Crippen LogP contribution in [0.15, 0.2) is 48.5 Å². The van der Waals surface area contributed by atoms with Gasteiger partial charge >= 0.3 is 6.03 Å². The monoisotopic (exact) mass is 284 g/mol. The first kappa shape index (κ1) is 14.7. The Morgan fingerprint density at radius 2 is 1.38 bits per heavy atom. The smallest absolute Gasteiger partial charge is 0.323 e. The van der Waals surface area contributed by atoms with Crippen LogP contribution in [-0.2, 0) is 6.61 Å². The van der Waals surface area contributed by atoms with Crippen LogP contribution in [0, 0.1) is 0 Å². The number of amides is 2. The van der Waals surface area contributed by atoms with Gasteiger partial charge in [0.1, 0.15) is 0 Å². The molecule has 0 atom stereocenters. The normalized spacial score (nSPS) is 10.0. The number of urea groups is 1. The first-order chi connectivity index (χ1) is 10.1. The number of ketones is 1. The third kappa shape index (κ3) is 4.15. The van der Waals surface area contributed by atoms with Gasteiger partial charge in [-0.25, -0.2) is 4.79 Å². The third-order valence-corrected chi connectivity index (χ3v) is 2.94. The van der Waals surface area contributed by atoms with E-state index in [0.717, 1.165) is 5.56 Å². The molecule has 0 saturated heterocycles. The van der Waals surface area contributed by atoms with Crippen LogP contribution in [0.4, 0.5) is 16.2 Å². The van der Waals surface area contributed by atoms with E-state index < -0.39 is 0 Å². The van der Waals surface area contributed by atoms with Crippen molar-refractivity contribution in [2.24, 2.45) is 0 Å². The molecule has 0 radical (unpaired) electrons. The van der Waals surface area contributed by atoms with Crippen LogP contribution in [0.2, 0.25) is 0 Å². The molecule has 2 aromatic carbocycles. The Labute approximate surface area is 122 Å². The lowest BCUT2D eigenvalue weighted by molar-refractivity contribution is 0.101. The van der Waals surface area contributed by atoms with Gasteiger partial charge < -0.3 is 15.7 Å². The fourth-order valence-electron chi connectivity index (χ4n) is 1.78. The number of aliphatic hydroxyl groups excluding tert-OH is 1. The fraction of sp³-hybridized carbons (Fsp3) is 0.125. The Kier molecular flexibility index (Phi) is 4.68. The second-order valence-corrected chi connectivity index (χ2v) is 4.57. The molecule has 0 bridgehead atoms. The zero-order valence-corrected chi connectivity index (χ0v) is 11.6. The van der Waals surface area contributed by atoms with Crippen LogP contribution >= 0.6 is 0 Å². The fourth-order valence-corrected chi connectivity index (χ4v) is 1.78. The maximum atomic E-state index is 11.8. The Balaban J connectivity index is 1.95. The highest BCUT2D eigenvalue weighted by Gasteiger charge is 2.04. The summed E-state index contributed by atoms with van der Waals surface area (Å²) in [6.07, 6.45) is 0. The standard InChI is InChI=1S/C16H16N2O3/c1-11(20)13-4-8-15(9-5-13)18-16(21)17-14-6-2-12(10-19)3-7-14/h2-9,19H,10H2,1H3,(H2,17,18,21). The highest BCUT2D eigenvalue weighted by atomic mass is 16.3. The Hall–Kier alpha value is -2.66. The number of hydrogen-bond donors (Lipinski definition) is 3. The highest BCUT2D eigenvalue weighted by Crippen LogP contribution is 2.12. The van der Waals surface area contributed by atoms with Crippen molar-refractivity contribution >= 4 is 23.2 Å². The minimum absolute atomic E-state index is 0.0185. The molecule has 0 aliphatic rings. The molecule has 0 spiro atoms. The van der Waals surface area contributed by atoms with Crippen molar-refractivity contribution < 1.29 is 14.7 Å². The number of rotatable bonds is 4. The van der Waals surface area contributed by atoms with Gasteiger partial charge in [0.25, 0.3) is 0 Å². The van der Waals surface area contributed by atoms with E-state index in [9.17, 15) is 9.59 Å². The van der Waals surface area contributed by atoms with Gasteiger partial charge in [0.05, 0.1) is 6.61 Å². The lowest BCUT2D eigenvalue weighted by Gasteiger charge is -2.08. The largest absolute Gasteiger partial charge is 0.392 e. The van der Waals surface area contributed by atoms with Crippen LogP contribution in [0.5, 0.6) is 0 Å². The van der Waals surface area contributed by atoms with Crippen molar-refractivity contribution in [2.75, 3.05) is 10.6 Å². The molecule has 21 heavy (non-hydrogen) atoms. The van der Waals surface area contributed by atoms with E-state index in [0.29, 0.717) is 16.9 Å². The first-order valence-electron chi connectivity index (χ1n) is 6.47. The quantitative estimate of drug-likeness (QED) is 0.755. The summed E-state index contributed by atoms with van der Waals surface area (Å²) in [6, 6.07) is 13.2. The van der Waals surface area contributed by atoms with Crippen molar-refractivity contribution in [2.45, 2.75) is 13.5 Å². The summed E-state index contributed by atoms with van der Waals surface area (Å²) >= 11 is 0. The number of carbonyl (C=O) groups excluding carboxylic acids is 2. The summed E-state index contributed by atoms with van der Waals surface area (Å²) in [5.41, 5.74) is 2.61. The number of Topliss-reactive ketones (excluding diaryl/α,β-unsaturated/α-hetero) is 1. The number of benzene rings is 2. The van der Waals surface area contributed by atoms with E-state index in [4.69, 9.17) is 5.11 Å². The van der Waals surface area contributed by atoms with Crippen LogP contribution in [0.25, 0.3) is 0 Å². The van der Waals surface area contributed by atoms with Crippen molar-refractivity contribution in [3.8, 4) is 0 Å². The van der Waals surface area contributed by atoms with Crippen LogP contribution in [0.3, 0.4) is 0 Å². The average molecular weight is 284 g/mol. The van der Waals surface area contributed by atoms with E-state index in [1.54, 1.807) is 48.5 Å². The van der Waals surface area contributed by atoms with E-state index in [2.05, 4.69) is 10.6 Å². The Bertz CT molecular complexity index is 634. The number of anilines is 2. The molecule has 5 nitrogen and oxygen atoms in total. The van der Waals surface area contributed by atoms with E-state index in [1.807, 2.05) is 0 Å². The molecule has 2 amide bonds. The number of aliphatic hydroxyl groups is 1. The third-order valence-electron chi connectivity index (χ3n) is 2.94. The first-order valence-corrected chi connectivity index (χ1v) is 6.47. The second-order valence-electron chi connectivity index (χ2n) is 4.57. The molecule has 3 N–H and O–H groups in total. The molecule has 0 aliphatic heterocycles. The summed E-state index contributed by atoms with van der Waals surface area (Å²) in [5, 5.41) is 14.3. The molecule has 0 heterocycles. The Morgan fingerprint density at radius 3 is 1.81 bits per heavy atom. The lowest BCUT2D eigenvalue weighted by atomic mass is 10.1. The van der Waals surface area contributed by atoms with Gasteiger partial charge in [-0.2, -0.15) is 0 Å². The molecular formula is C16H16N2O3. The summed E-state index contributed by atoms with van der Waals surface area (Å²) in [5.74, 6) is -0.0185. The average Bonchev–Trinajstić information content (AvgIpc) is 2.48. The number of carbonyl (C=O) groups is 2. The zero-order valence-electron chi connectivity index (χ0n) is 11.6. The van der Waals surface area contributed by atoms with Gasteiger partial charge in [0.15, 0.2) is 5.78 Å². The van der Waals surface area contributed by atoms with Crippen molar-refractivity contribution in [3.63, 3.8) is 0 Å². The molecule has 2 aromatic rings. The van der Waals surface area contributed by atoms with E-state index in [1.165, 1.54) is 6.92 Å². The topological polar surface area (TPSA) is 78.4 Å². The van der Waals surface area contributed by atoms with Gasteiger partial charge in [-0.1, -0.05) is 12.1 Å². The van der Waals surface area contributed by atoms with E-state index >= 15 is 0 Å². The number of nitrogens with one attached hydrogen (secondary N) is 2. The molecule has 108 valence electrons. The molecule has 0 aromatic heterocycles. The number of hydrogen-bond acceptors (Lipinski definition) is 3.